The van der Waals surface area contributed by atoms with E-state index in [-0.39, 0.29) is 0 Å². The van der Waals surface area contributed by atoms with Gasteiger partial charge in [0.25, 0.3) is 0 Å². The minimum Gasteiger partial charge on any atom is -0.383 e. The van der Waals surface area contributed by atoms with E-state index in [1.807, 2.05) is 35.1 Å². The molecule has 4 aromatic rings. The minimum absolute atomic E-state index is 0.483. The molecule has 0 amide bonds. The zero-order chi connectivity index (χ0) is 19.8. The fraction of sp³-hybridized carbons (Fsp3) is 0.227. The molecule has 5 rings (SSSR count). The lowest BCUT2D eigenvalue weighted by Gasteiger charge is -2.18. The van der Waals surface area contributed by atoms with Gasteiger partial charge in [0.2, 0.25) is 0 Å². The number of rotatable bonds is 4. The average Bonchev–Trinajstić information content (AvgIpc) is 3.18. The molecule has 0 radical (unpaired) electrons. The monoisotopic (exact) mass is 386 g/mol. The molecule has 29 heavy (non-hydrogen) atoms. The third-order valence-corrected chi connectivity index (χ3v) is 5.39. The molecule has 1 aliphatic rings. The van der Waals surface area contributed by atoms with Crippen molar-refractivity contribution < 1.29 is 4.74 Å². The molecule has 2 aromatic heterocycles. The summed E-state index contributed by atoms with van der Waals surface area (Å²) in [6, 6.07) is 14.3. The molecule has 7 heteroatoms. The van der Waals surface area contributed by atoms with E-state index in [1.165, 1.54) is 0 Å². The Balaban J connectivity index is 1.57. The van der Waals surface area contributed by atoms with E-state index in [9.17, 15) is 0 Å². The Morgan fingerprint density at radius 3 is 2.79 bits per heavy atom. The van der Waals surface area contributed by atoms with Crippen LogP contribution in [0.3, 0.4) is 0 Å². The summed E-state index contributed by atoms with van der Waals surface area (Å²) >= 11 is 0. The smallest absolute Gasteiger partial charge is 0.135 e. The number of hydrogen-bond donors (Lipinski definition) is 2. The first-order chi connectivity index (χ1) is 14.2. The maximum absolute atomic E-state index is 6.17. The second kappa shape index (κ2) is 7.27. The summed E-state index contributed by atoms with van der Waals surface area (Å²) in [5.41, 5.74) is 18.2. The second-order valence-corrected chi connectivity index (χ2v) is 7.17. The number of nitrogens with two attached hydrogens (primary N) is 2. The fourth-order valence-corrected chi connectivity index (χ4v) is 3.91. The molecule has 0 aliphatic carbocycles. The molecule has 0 saturated heterocycles. The molecule has 0 spiro atoms. The topological polar surface area (TPSA) is 105 Å². The van der Waals surface area contributed by atoms with Gasteiger partial charge in [0.05, 0.1) is 36.3 Å². The Kier molecular flexibility index (Phi) is 4.46. The van der Waals surface area contributed by atoms with E-state index in [0.29, 0.717) is 32.0 Å². The van der Waals surface area contributed by atoms with Crippen LogP contribution in [0.4, 0.5) is 5.82 Å². The molecular weight excluding hydrogens is 364 g/mol. The van der Waals surface area contributed by atoms with Crippen LogP contribution in [0.1, 0.15) is 28.2 Å². The van der Waals surface area contributed by atoms with Crippen LogP contribution in [-0.4, -0.2) is 26.4 Å². The van der Waals surface area contributed by atoms with Gasteiger partial charge in [-0.25, -0.2) is 14.6 Å². The Bertz CT molecular complexity index is 1200. The van der Waals surface area contributed by atoms with Crippen LogP contribution in [0.25, 0.3) is 16.6 Å². The number of aromatic nitrogens is 4. The van der Waals surface area contributed by atoms with E-state index in [4.69, 9.17) is 21.2 Å². The fourth-order valence-electron chi connectivity index (χ4n) is 3.91. The van der Waals surface area contributed by atoms with E-state index < -0.39 is 0 Å². The Hall–Kier alpha value is -3.29. The van der Waals surface area contributed by atoms with Crippen molar-refractivity contribution in [2.45, 2.75) is 26.0 Å². The molecule has 0 saturated carbocycles. The highest BCUT2D eigenvalue weighted by Crippen LogP contribution is 2.26. The summed E-state index contributed by atoms with van der Waals surface area (Å²) in [7, 11) is 0. The van der Waals surface area contributed by atoms with E-state index in [2.05, 4.69) is 28.3 Å². The van der Waals surface area contributed by atoms with Gasteiger partial charge < -0.3 is 16.2 Å². The van der Waals surface area contributed by atoms with Gasteiger partial charge in [-0.1, -0.05) is 30.3 Å². The quantitative estimate of drug-likeness (QED) is 0.558. The Morgan fingerprint density at radius 1 is 1.03 bits per heavy atom. The average molecular weight is 386 g/mol. The number of nitrogen functional groups attached to an aromatic ring is 1. The molecule has 0 fully saturated rings. The number of nitrogens with zero attached hydrogens (tertiary/aromatic N) is 4. The molecule has 0 atom stereocenters. The maximum Gasteiger partial charge on any atom is 0.135 e. The highest BCUT2D eigenvalue weighted by atomic mass is 16.5. The largest absolute Gasteiger partial charge is 0.383 e. The summed E-state index contributed by atoms with van der Waals surface area (Å²) in [4.78, 5) is 9.30. The van der Waals surface area contributed by atoms with Gasteiger partial charge in [-0.2, -0.15) is 5.10 Å². The molecular formula is C22H22N6O. The summed E-state index contributed by atoms with van der Waals surface area (Å²) in [5, 5.41) is 5.71. The van der Waals surface area contributed by atoms with Crippen LogP contribution >= 0.6 is 0 Å². The van der Waals surface area contributed by atoms with Crippen molar-refractivity contribution in [2.75, 3.05) is 12.3 Å². The van der Waals surface area contributed by atoms with Crippen molar-refractivity contribution >= 4 is 16.7 Å². The zero-order valence-electron chi connectivity index (χ0n) is 16.0. The van der Waals surface area contributed by atoms with Crippen molar-refractivity contribution in [3.8, 4) is 5.69 Å². The van der Waals surface area contributed by atoms with Crippen LogP contribution in [0, 0.1) is 0 Å². The Morgan fingerprint density at radius 2 is 1.90 bits per heavy atom. The normalized spacial score (nSPS) is 13.6. The van der Waals surface area contributed by atoms with Gasteiger partial charge in [0, 0.05) is 30.3 Å². The van der Waals surface area contributed by atoms with Gasteiger partial charge in [-0.05, 0) is 23.3 Å². The third kappa shape index (κ3) is 3.14. The second-order valence-electron chi connectivity index (χ2n) is 7.17. The number of para-hydroxylation sites is 1. The zero-order valence-corrected chi connectivity index (χ0v) is 16.0. The van der Waals surface area contributed by atoms with Crippen molar-refractivity contribution in [3.63, 3.8) is 0 Å². The molecule has 3 heterocycles. The first-order valence-electron chi connectivity index (χ1n) is 9.70. The van der Waals surface area contributed by atoms with Gasteiger partial charge in [0.15, 0.2) is 0 Å². The summed E-state index contributed by atoms with van der Waals surface area (Å²) in [6.07, 6.45) is 3.22. The highest BCUT2D eigenvalue weighted by Gasteiger charge is 2.18. The predicted octanol–water partition coefficient (Wildman–Crippen LogP) is 2.52. The summed E-state index contributed by atoms with van der Waals surface area (Å²) in [5.74, 6) is 1.23. The van der Waals surface area contributed by atoms with E-state index in [1.54, 1.807) is 0 Å². The number of ether oxygens (including phenoxy) is 1. The van der Waals surface area contributed by atoms with E-state index >= 15 is 0 Å². The van der Waals surface area contributed by atoms with Gasteiger partial charge in [0.1, 0.15) is 11.6 Å². The molecule has 2 aromatic carbocycles. The number of fused-ring (bicyclic) bond motifs is 2. The van der Waals surface area contributed by atoms with Crippen LogP contribution < -0.4 is 11.5 Å². The first-order valence-corrected chi connectivity index (χ1v) is 9.70. The highest BCUT2D eigenvalue weighted by molar-refractivity contribution is 5.84. The first kappa shape index (κ1) is 17.8. The SMILES string of the molecule is NCc1cccc2c1cnn2-c1ccccc1Cc1nc(N)c2c(n1)CCOC2. The van der Waals surface area contributed by atoms with Gasteiger partial charge in [-0.15, -0.1) is 0 Å². The molecule has 146 valence electrons. The predicted molar refractivity (Wildman–Crippen MR) is 112 cm³/mol. The number of benzene rings is 2. The third-order valence-electron chi connectivity index (χ3n) is 5.39. The lowest BCUT2D eigenvalue weighted by Crippen LogP contribution is -2.17. The minimum atomic E-state index is 0.483. The summed E-state index contributed by atoms with van der Waals surface area (Å²) in [6.45, 7) is 1.64. The lowest BCUT2D eigenvalue weighted by molar-refractivity contribution is 0.109. The summed E-state index contributed by atoms with van der Waals surface area (Å²) < 4.78 is 7.44. The molecule has 1 aliphatic heterocycles. The molecule has 7 nitrogen and oxygen atoms in total. The number of anilines is 1. The van der Waals surface area contributed by atoms with Crippen LogP contribution in [0.5, 0.6) is 0 Å². The molecule has 4 N–H and O–H groups in total. The lowest BCUT2D eigenvalue weighted by atomic mass is 10.1. The van der Waals surface area contributed by atoms with Crippen molar-refractivity contribution in [3.05, 3.63) is 76.9 Å². The van der Waals surface area contributed by atoms with Crippen LogP contribution in [-0.2, 0) is 30.7 Å². The van der Waals surface area contributed by atoms with Gasteiger partial charge in [-0.3, -0.25) is 0 Å². The van der Waals surface area contributed by atoms with Crippen LogP contribution in [0.2, 0.25) is 0 Å². The van der Waals surface area contributed by atoms with Gasteiger partial charge >= 0.3 is 0 Å². The van der Waals surface area contributed by atoms with Crippen molar-refractivity contribution in [1.29, 1.82) is 0 Å². The van der Waals surface area contributed by atoms with E-state index in [0.717, 1.165) is 51.2 Å². The maximum atomic E-state index is 6.17. The van der Waals surface area contributed by atoms with Crippen LogP contribution in [0.15, 0.2) is 48.7 Å². The molecule has 0 bridgehead atoms. The molecule has 0 unspecified atom stereocenters. The standard InChI is InChI=1S/C22H22N6O/c23-11-15-5-3-7-20-16(15)12-25-28(20)19-6-2-1-4-14(19)10-21-26-18-8-9-29-13-17(18)22(24)27-21/h1-7,12H,8-11,13,23H2,(H2,24,26,27). The Labute approximate surface area is 168 Å². The van der Waals surface area contributed by atoms with Crippen molar-refractivity contribution in [1.82, 2.24) is 19.7 Å². The number of hydrogen-bond acceptors (Lipinski definition) is 6. The van der Waals surface area contributed by atoms with Crippen molar-refractivity contribution in [2.24, 2.45) is 5.73 Å².